The molecule has 1 heterocycles. The number of rotatable bonds is 4. The van der Waals surface area contributed by atoms with Crippen LogP contribution in [0.4, 0.5) is 0 Å². The lowest BCUT2D eigenvalue weighted by Crippen LogP contribution is -2.53. The largest absolute Gasteiger partial charge is 0.480 e. The number of hydrogen-bond acceptors (Lipinski definition) is 6. The van der Waals surface area contributed by atoms with Gasteiger partial charge in [0.05, 0.1) is 11.7 Å². The second-order valence-electron chi connectivity index (χ2n) is 12.0. The van der Waals surface area contributed by atoms with Gasteiger partial charge < -0.3 is 25.1 Å². The second-order valence-corrected chi connectivity index (χ2v) is 12.0. The molecule has 5 rings (SSSR count). The summed E-state index contributed by atoms with van der Waals surface area (Å²) in [6.07, 6.45) is 11.8. The zero-order chi connectivity index (χ0) is 25.2. The monoisotopic (exact) mass is 486 g/mol. The summed E-state index contributed by atoms with van der Waals surface area (Å²) in [7, 11) is 0. The average molecular weight is 487 g/mol. The Morgan fingerprint density at radius 3 is 2.66 bits per heavy atom. The molecule has 0 spiro atoms. The molecule has 8 heteroatoms. The molecule has 8 atom stereocenters. The number of amides is 1. The molecule has 0 radical (unpaired) electrons. The van der Waals surface area contributed by atoms with Gasteiger partial charge >= 0.3 is 5.97 Å². The number of β-amino-alcohol motifs (C(OH)–C–C–N with tert-alkyl or cyclic N) is 1. The van der Waals surface area contributed by atoms with Crippen LogP contribution in [0.2, 0.25) is 0 Å². The minimum absolute atomic E-state index is 0.00214. The van der Waals surface area contributed by atoms with Crippen molar-refractivity contribution < 1.29 is 29.7 Å². The number of fused-ring (bicyclic) bond motifs is 5. The van der Waals surface area contributed by atoms with Crippen LogP contribution < -0.4 is 0 Å². The second kappa shape index (κ2) is 8.44. The first-order valence-corrected chi connectivity index (χ1v) is 13.0. The van der Waals surface area contributed by atoms with Gasteiger partial charge in [0.15, 0.2) is 6.61 Å². The van der Waals surface area contributed by atoms with Crippen molar-refractivity contribution in [2.75, 3.05) is 13.2 Å². The third-order valence-corrected chi connectivity index (χ3v) is 10.4. The normalized spacial score (nSPS) is 45.5. The molecule has 8 nitrogen and oxygen atoms in total. The van der Waals surface area contributed by atoms with E-state index in [1.165, 1.54) is 5.57 Å². The summed E-state index contributed by atoms with van der Waals surface area (Å²) in [6, 6.07) is -1.03. The van der Waals surface area contributed by atoms with Crippen LogP contribution in [-0.2, 0) is 14.4 Å². The van der Waals surface area contributed by atoms with Gasteiger partial charge in [-0.1, -0.05) is 30.7 Å². The minimum Gasteiger partial charge on any atom is -0.480 e. The quantitative estimate of drug-likeness (QED) is 0.526. The molecule has 0 unspecified atom stereocenters. The fourth-order valence-electron chi connectivity index (χ4n) is 8.08. The van der Waals surface area contributed by atoms with E-state index in [4.69, 9.17) is 4.84 Å². The van der Waals surface area contributed by atoms with Crippen molar-refractivity contribution in [3.63, 3.8) is 0 Å². The van der Waals surface area contributed by atoms with E-state index in [2.05, 4.69) is 31.2 Å². The summed E-state index contributed by atoms with van der Waals surface area (Å²) >= 11 is 0. The summed E-state index contributed by atoms with van der Waals surface area (Å²) < 4.78 is 0. The molecule has 3 saturated carbocycles. The zero-order valence-corrected chi connectivity index (χ0v) is 20.9. The number of carbonyl (C=O) groups is 2. The van der Waals surface area contributed by atoms with Crippen LogP contribution in [0.5, 0.6) is 0 Å². The van der Waals surface area contributed by atoms with E-state index in [1.54, 1.807) is 0 Å². The number of carboxylic acid groups (broad SMARTS) is 1. The minimum atomic E-state index is -1.12. The molecular formula is C27H38N2O6. The molecule has 35 heavy (non-hydrogen) atoms. The number of oxime groups is 1. The van der Waals surface area contributed by atoms with Gasteiger partial charge in [-0.05, 0) is 80.8 Å². The molecule has 1 saturated heterocycles. The molecule has 0 aromatic rings. The van der Waals surface area contributed by atoms with E-state index in [0.717, 1.165) is 43.4 Å². The van der Waals surface area contributed by atoms with E-state index in [1.807, 2.05) is 13.0 Å². The van der Waals surface area contributed by atoms with Crippen LogP contribution in [0.25, 0.3) is 0 Å². The number of likely N-dealkylation sites (tertiary alicyclic amines) is 1. The van der Waals surface area contributed by atoms with Gasteiger partial charge in [0.2, 0.25) is 0 Å². The highest BCUT2D eigenvalue weighted by molar-refractivity contribution is 6.05. The molecule has 5 aliphatic rings. The molecule has 4 aliphatic carbocycles. The Morgan fingerprint density at radius 1 is 1.17 bits per heavy atom. The Hall–Kier alpha value is -2.19. The Balaban J connectivity index is 1.25. The third kappa shape index (κ3) is 3.84. The number of carbonyl (C=O) groups excluding carboxylic acids is 1. The topological polar surface area (TPSA) is 120 Å². The molecule has 0 bridgehead atoms. The number of allylic oxidation sites excluding steroid dienone is 4. The molecule has 0 aromatic heterocycles. The molecule has 0 aromatic carbocycles. The van der Waals surface area contributed by atoms with Gasteiger partial charge in [0.25, 0.3) is 5.91 Å². The number of aliphatic hydroxyl groups excluding tert-OH is 1. The van der Waals surface area contributed by atoms with Crippen LogP contribution >= 0.6 is 0 Å². The standard InChI is InChI=1S/C27H38N2O6/c1-25-9-6-17(28-35-15-23(31)29-14-18(30)13-22(29)24(32)33)12-16(25)4-5-19-20(25)7-10-26(2)21(19)8-11-27(26,3)34/h6,9,12,18-22,30,34H,4-5,7-8,10-11,13-15H2,1-3H3,(H,32,33)/b28-17-/t18-,19+,20-,21-,22+,25-,26-,27-/m0/s1. The summed E-state index contributed by atoms with van der Waals surface area (Å²) in [5.74, 6) is 0.101. The first kappa shape index (κ1) is 24.5. The molecule has 1 aliphatic heterocycles. The molecule has 1 amide bonds. The number of nitrogens with zero attached hydrogens (tertiary/aromatic N) is 2. The summed E-state index contributed by atoms with van der Waals surface area (Å²) in [6.45, 7) is 6.30. The predicted octanol–water partition coefficient (Wildman–Crippen LogP) is 2.90. The van der Waals surface area contributed by atoms with Gasteiger partial charge in [-0.15, -0.1) is 0 Å². The smallest absolute Gasteiger partial charge is 0.326 e. The van der Waals surface area contributed by atoms with Gasteiger partial charge in [0, 0.05) is 18.4 Å². The fourth-order valence-corrected chi connectivity index (χ4v) is 8.08. The molecular weight excluding hydrogens is 448 g/mol. The predicted molar refractivity (Wildman–Crippen MR) is 129 cm³/mol. The van der Waals surface area contributed by atoms with Gasteiger partial charge in [-0.2, -0.15) is 0 Å². The van der Waals surface area contributed by atoms with Gasteiger partial charge in [-0.25, -0.2) is 4.79 Å². The lowest BCUT2D eigenvalue weighted by molar-refractivity contribution is -0.150. The van der Waals surface area contributed by atoms with Crippen molar-refractivity contribution in [1.82, 2.24) is 4.90 Å². The Morgan fingerprint density at radius 2 is 1.91 bits per heavy atom. The molecule has 192 valence electrons. The van der Waals surface area contributed by atoms with Crippen molar-refractivity contribution in [2.45, 2.75) is 83.5 Å². The van der Waals surface area contributed by atoms with Crippen molar-refractivity contribution >= 4 is 17.6 Å². The van der Waals surface area contributed by atoms with Crippen molar-refractivity contribution in [2.24, 2.45) is 33.7 Å². The number of hydrogen-bond donors (Lipinski definition) is 3. The van der Waals surface area contributed by atoms with Crippen molar-refractivity contribution in [1.29, 1.82) is 0 Å². The Kier molecular flexibility index (Phi) is 5.91. The zero-order valence-electron chi connectivity index (χ0n) is 20.9. The maximum absolute atomic E-state index is 12.5. The first-order valence-electron chi connectivity index (χ1n) is 13.0. The van der Waals surface area contributed by atoms with Crippen LogP contribution in [-0.4, -0.2) is 68.7 Å². The number of aliphatic carboxylic acids is 1. The van der Waals surface area contributed by atoms with E-state index in [9.17, 15) is 24.9 Å². The summed E-state index contributed by atoms with van der Waals surface area (Å²) in [5, 5.41) is 34.3. The van der Waals surface area contributed by atoms with Crippen LogP contribution in [0.1, 0.15) is 65.7 Å². The highest BCUT2D eigenvalue weighted by atomic mass is 16.6. The van der Waals surface area contributed by atoms with Gasteiger partial charge in [-0.3, -0.25) is 4.79 Å². The maximum atomic E-state index is 12.5. The Bertz CT molecular complexity index is 1000. The van der Waals surface area contributed by atoms with Crippen molar-refractivity contribution in [3.8, 4) is 0 Å². The van der Waals surface area contributed by atoms with E-state index >= 15 is 0 Å². The van der Waals surface area contributed by atoms with E-state index in [0.29, 0.717) is 23.5 Å². The lowest BCUT2D eigenvalue weighted by atomic mass is 9.47. The SMILES string of the molecule is C[C@]12C=C/C(=N/OCC(=O)N3C[C@@H](O)C[C@@H]3C(=O)O)C=C1CC[C@@H]1[C@@H]2CC[C@@]2(C)[C@H]1CC[C@]2(C)O. The van der Waals surface area contributed by atoms with Crippen LogP contribution in [0, 0.1) is 28.6 Å². The highest BCUT2D eigenvalue weighted by Gasteiger charge is 2.62. The van der Waals surface area contributed by atoms with Crippen LogP contribution in [0.15, 0.2) is 29.0 Å². The fraction of sp³-hybridized carbons (Fsp3) is 0.741. The summed E-state index contributed by atoms with van der Waals surface area (Å²) in [5.41, 5.74) is 1.39. The summed E-state index contributed by atoms with van der Waals surface area (Å²) in [4.78, 5) is 30.3. The lowest BCUT2D eigenvalue weighted by Gasteiger charge is -2.58. The van der Waals surface area contributed by atoms with Crippen molar-refractivity contribution in [3.05, 3.63) is 23.8 Å². The molecule has 3 N–H and O–H groups in total. The number of carboxylic acids is 1. The van der Waals surface area contributed by atoms with Crippen LogP contribution in [0.3, 0.4) is 0 Å². The Labute approximate surface area is 206 Å². The van der Waals surface area contributed by atoms with Gasteiger partial charge in [0.1, 0.15) is 11.8 Å². The first-order chi connectivity index (χ1) is 16.5. The highest BCUT2D eigenvalue weighted by Crippen LogP contribution is 2.66. The van der Waals surface area contributed by atoms with E-state index in [-0.39, 0.29) is 30.4 Å². The van der Waals surface area contributed by atoms with E-state index < -0.39 is 29.6 Å². The maximum Gasteiger partial charge on any atom is 0.326 e. The number of aliphatic hydroxyl groups is 2. The molecule has 4 fully saturated rings. The average Bonchev–Trinajstić information content (AvgIpc) is 3.31. The third-order valence-electron chi connectivity index (χ3n) is 10.4.